The molecule has 1 aliphatic heterocycles. The summed E-state index contributed by atoms with van der Waals surface area (Å²) < 4.78 is 10.5. The fourth-order valence-corrected chi connectivity index (χ4v) is 2.01. The van der Waals surface area contributed by atoms with E-state index in [4.69, 9.17) is 14.9 Å². The van der Waals surface area contributed by atoms with Crippen molar-refractivity contribution in [2.75, 3.05) is 18.0 Å². The van der Waals surface area contributed by atoms with Gasteiger partial charge in [-0.2, -0.15) is 0 Å². The number of hydrogen-bond acceptors (Lipinski definition) is 4. The van der Waals surface area contributed by atoms with Gasteiger partial charge in [-0.3, -0.25) is 4.90 Å². The third-order valence-electron chi connectivity index (χ3n) is 2.89. The Hall–Kier alpha value is -2.01. The summed E-state index contributed by atoms with van der Waals surface area (Å²) >= 11 is 0. The molecule has 88 valence electrons. The molecule has 1 amide bonds. The molecule has 0 radical (unpaired) electrons. The van der Waals surface area contributed by atoms with E-state index >= 15 is 0 Å². The van der Waals surface area contributed by atoms with Gasteiger partial charge in [0.2, 0.25) is 0 Å². The minimum atomic E-state index is -0.369. The molecule has 1 aromatic heterocycles. The summed E-state index contributed by atoms with van der Waals surface area (Å²) in [6.45, 7) is 0.802. The molecule has 0 bridgehead atoms. The maximum atomic E-state index is 11.7. The number of ether oxygens (including phenoxy) is 1. The van der Waals surface area contributed by atoms with Crippen LogP contribution in [0, 0.1) is 0 Å². The minimum Gasteiger partial charge on any atom is -0.462 e. The van der Waals surface area contributed by atoms with Gasteiger partial charge < -0.3 is 14.9 Å². The Kier molecular flexibility index (Phi) is 2.26. The maximum absolute atomic E-state index is 11.7. The molecular formula is C12H12N2O3. The Labute approximate surface area is 97.7 Å². The number of cyclic esters (lactones) is 1. The van der Waals surface area contributed by atoms with E-state index in [-0.39, 0.29) is 12.2 Å². The van der Waals surface area contributed by atoms with Gasteiger partial charge in [-0.1, -0.05) is 12.1 Å². The second-order valence-corrected chi connectivity index (χ2v) is 3.97. The highest BCUT2D eigenvalue weighted by atomic mass is 16.6. The van der Waals surface area contributed by atoms with Crippen LogP contribution in [0.3, 0.4) is 0 Å². The Bertz CT molecular complexity index is 564. The average Bonchev–Trinajstić information content (AvgIpc) is 2.92. The highest BCUT2D eigenvalue weighted by molar-refractivity contribution is 6.00. The van der Waals surface area contributed by atoms with Crippen LogP contribution < -0.4 is 10.6 Å². The second kappa shape index (κ2) is 3.78. The number of benzene rings is 1. The van der Waals surface area contributed by atoms with Crippen molar-refractivity contribution in [2.24, 2.45) is 5.73 Å². The summed E-state index contributed by atoms with van der Waals surface area (Å²) in [5, 5.41) is 0.905. The van der Waals surface area contributed by atoms with Gasteiger partial charge in [-0.15, -0.1) is 0 Å². The van der Waals surface area contributed by atoms with Crippen molar-refractivity contribution in [3.05, 3.63) is 30.5 Å². The van der Waals surface area contributed by atoms with Crippen LogP contribution >= 0.6 is 0 Å². The first kappa shape index (κ1) is 10.2. The molecule has 1 atom stereocenters. The number of rotatable bonds is 2. The Morgan fingerprint density at radius 2 is 2.24 bits per heavy atom. The van der Waals surface area contributed by atoms with E-state index in [1.165, 1.54) is 0 Å². The molecule has 0 saturated carbocycles. The topological polar surface area (TPSA) is 68.7 Å². The standard InChI is InChI=1S/C12H12N2O3/c13-5-8-6-14(12(15)17-8)10-7-16-11-4-2-1-3-9(10)11/h1-4,7-8H,5-6,13H2. The van der Waals surface area contributed by atoms with E-state index in [0.717, 1.165) is 16.7 Å². The van der Waals surface area contributed by atoms with Gasteiger partial charge in [0, 0.05) is 11.9 Å². The van der Waals surface area contributed by atoms with Gasteiger partial charge in [0.15, 0.2) is 0 Å². The largest absolute Gasteiger partial charge is 0.462 e. The smallest absolute Gasteiger partial charge is 0.414 e. The van der Waals surface area contributed by atoms with Crippen molar-refractivity contribution in [3.63, 3.8) is 0 Å². The number of amides is 1. The van der Waals surface area contributed by atoms with Crippen LogP contribution in [-0.4, -0.2) is 25.3 Å². The van der Waals surface area contributed by atoms with Gasteiger partial charge in [-0.25, -0.2) is 4.79 Å². The van der Waals surface area contributed by atoms with Crippen molar-refractivity contribution < 1.29 is 13.9 Å². The molecule has 2 heterocycles. The van der Waals surface area contributed by atoms with Crippen molar-refractivity contribution in [1.29, 1.82) is 0 Å². The fourth-order valence-electron chi connectivity index (χ4n) is 2.01. The highest BCUT2D eigenvalue weighted by Gasteiger charge is 2.33. The summed E-state index contributed by atoms with van der Waals surface area (Å²) in [6, 6.07) is 7.57. The van der Waals surface area contributed by atoms with E-state index in [1.807, 2.05) is 24.3 Å². The molecule has 17 heavy (non-hydrogen) atoms. The number of carbonyl (C=O) groups is 1. The van der Waals surface area contributed by atoms with E-state index in [1.54, 1.807) is 11.2 Å². The van der Waals surface area contributed by atoms with Gasteiger partial charge >= 0.3 is 6.09 Å². The van der Waals surface area contributed by atoms with Gasteiger partial charge in [0.05, 0.1) is 12.2 Å². The molecule has 2 aromatic rings. The lowest BCUT2D eigenvalue weighted by atomic mass is 10.2. The minimum absolute atomic E-state index is 0.240. The molecule has 5 nitrogen and oxygen atoms in total. The zero-order chi connectivity index (χ0) is 11.8. The Morgan fingerprint density at radius 3 is 3.00 bits per heavy atom. The van der Waals surface area contributed by atoms with Crippen LogP contribution in [0.2, 0.25) is 0 Å². The molecule has 0 spiro atoms. The molecule has 1 aliphatic rings. The Balaban J connectivity index is 2.02. The molecular weight excluding hydrogens is 220 g/mol. The number of furan rings is 1. The fraction of sp³-hybridized carbons (Fsp3) is 0.250. The van der Waals surface area contributed by atoms with Crippen molar-refractivity contribution in [1.82, 2.24) is 0 Å². The molecule has 0 aliphatic carbocycles. The number of nitrogens with zero attached hydrogens (tertiary/aromatic N) is 1. The third-order valence-corrected chi connectivity index (χ3v) is 2.89. The van der Waals surface area contributed by atoms with Crippen LogP contribution in [0.4, 0.5) is 10.5 Å². The lowest BCUT2D eigenvalue weighted by Gasteiger charge is -2.09. The zero-order valence-corrected chi connectivity index (χ0v) is 9.13. The average molecular weight is 232 g/mol. The van der Waals surface area contributed by atoms with Crippen LogP contribution in [-0.2, 0) is 4.74 Å². The van der Waals surface area contributed by atoms with Crippen LogP contribution in [0.1, 0.15) is 0 Å². The molecule has 2 N–H and O–H groups in total. The molecule has 1 fully saturated rings. The SMILES string of the molecule is NCC1CN(c2coc3ccccc23)C(=O)O1. The number of carbonyl (C=O) groups excluding carboxylic acids is 1. The molecule has 1 saturated heterocycles. The van der Waals surface area contributed by atoms with Crippen molar-refractivity contribution in [2.45, 2.75) is 6.10 Å². The highest BCUT2D eigenvalue weighted by Crippen LogP contribution is 2.31. The summed E-state index contributed by atoms with van der Waals surface area (Å²) in [6.07, 6.45) is 0.966. The lowest BCUT2D eigenvalue weighted by Crippen LogP contribution is -2.27. The Morgan fingerprint density at radius 1 is 1.41 bits per heavy atom. The van der Waals surface area contributed by atoms with E-state index in [2.05, 4.69) is 0 Å². The quantitative estimate of drug-likeness (QED) is 0.855. The predicted octanol–water partition coefficient (Wildman–Crippen LogP) is 1.72. The van der Waals surface area contributed by atoms with Gasteiger partial charge in [-0.05, 0) is 12.1 Å². The van der Waals surface area contributed by atoms with Crippen LogP contribution in [0.5, 0.6) is 0 Å². The number of hydrogen-bond donors (Lipinski definition) is 1. The first-order valence-electron chi connectivity index (χ1n) is 5.44. The summed E-state index contributed by atoms with van der Waals surface area (Å²) in [5.74, 6) is 0. The number of para-hydroxylation sites is 1. The van der Waals surface area contributed by atoms with E-state index in [9.17, 15) is 4.79 Å². The maximum Gasteiger partial charge on any atom is 0.414 e. The van der Waals surface area contributed by atoms with Gasteiger partial charge in [0.25, 0.3) is 0 Å². The van der Waals surface area contributed by atoms with Crippen molar-refractivity contribution >= 4 is 22.7 Å². The van der Waals surface area contributed by atoms with Gasteiger partial charge in [0.1, 0.15) is 18.0 Å². The first-order valence-corrected chi connectivity index (χ1v) is 5.44. The number of nitrogens with two attached hydrogens (primary N) is 1. The third kappa shape index (κ3) is 1.55. The number of anilines is 1. The molecule has 5 heteroatoms. The number of fused-ring (bicyclic) bond motifs is 1. The summed E-state index contributed by atoms with van der Waals surface area (Å²) in [4.78, 5) is 13.3. The monoisotopic (exact) mass is 232 g/mol. The van der Waals surface area contributed by atoms with Crippen LogP contribution in [0.25, 0.3) is 11.0 Å². The normalized spacial score (nSPS) is 19.9. The molecule has 3 rings (SSSR count). The predicted molar refractivity (Wildman–Crippen MR) is 62.9 cm³/mol. The summed E-state index contributed by atoms with van der Waals surface area (Å²) in [7, 11) is 0. The zero-order valence-electron chi connectivity index (χ0n) is 9.13. The van der Waals surface area contributed by atoms with Crippen LogP contribution in [0.15, 0.2) is 34.9 Å². The van der Waals surface area contributed by atoms with E-state index in [0.29, 0.717) is 13.1 Å². The summed E-state index contributed by atoms with van der Waals surface area (Å²) in [5.41, 5.74) is 6.99. The van der Waals surface area contributed by atoms with Crippen molar-refractivity contribution in [3.8, 4) is 0 Å². The lowest BCUT2D eigenvalue weighted by molar-refractivity contribution is 0.145. The first-order chi connectivity index (χ1) is 8.29. The van der Waals surface area contributed by atoms with E-state index < -0.39 is 0 Å². The molecule has 1 aromatic carbocycles. The second-order valence-electron chi connectivity index (χ2n) is 3.97. The molecule has 1 unspecified atom stereocenters.